The van der Waals surface area contributed by atoms with Crippen molar-refractivity contribution < 1.29 is 27.3 Å². The van der Waals surface area contributed by atoms with Crippen molar-refractivity contribution in [2.24, 2.45) is 10.9 Å². The van der Waals surface area contributed by atoms with Gasteiger partial charge in [-0.1, -0.05) is 42.5 Å². The Kier molecular flexibility index (Phi) is 8.48. The van der Waals surface area contributed by atoms with E-state index in [0.29, 0.717) is 13.0 Å². The number of ether oxygens (including phenoxy) is 1. The van der Waals surface area contributed by atoms with Crippen LogP contribution in [0.4, 0.5) is 5.69 Å². The Morgan fingerprint density at radius 3 is 2.33 bits per heavy atom. The molecule has 2 aromatic rings. The maximum atomic E-state index is 13.1. The van der Waals surface area contributed by atoms with Crippen LogP contribution in [-0.4, -0.2) is 55.3 Å². The Hall–Kier alpha value is -2.89. The Labute approximate surface area is 196 Å². The molecule has 0 unspecified atom stereocenters. The lowest BCUT2D eigenvalue weighted by molar-refractivity contribution is -0.150. The van der Waals surface area contributed by atoms with Gasteiger partial charge in [0.05, 0.1) is 23.9 Å². The van der Waals surface area contributed by atoms with Crippen LogP contribution in [-0.2, 0) is 37.5 Å². The second-order valence-corrected chi connectivity index (χ2v) is 9.64. The van der Waals surface area contributed by atoms with Crippen molar-refractivity contribution in [2.75, 3.05) is 24.1 Å². The molecule has 0 spiro atoms. The van der Waals surface area contributed by atoms with Gasteiger partial charge in [0, 0.05) is 12.3 Å². The lowest BCUT2D eigenvalue weighted by Crippen LogP contribution is -2.46. The fourth-order valence-electron chi connectivity index (χ4n) is 3.40. The van der Waals surface area contributed by atoms with E-state index in [4.69, 9.17) is 9.29 Å². The van der Waals surface area contributed by atoms with Crippen molar-refractivity contribution in [3.05, 3.63) is 65.7 Å². The van der Waals surface area contributed by atoms with Crippen molar-refractivity contribution in [1.29, 1.82) is 0 Å². The standard InChI is InChI=1S/C22H25N3O6S2/c1-31-22(27)18(13-15-5-3-2-4-6-15)20(26)24-19(21-23-11-12-32-21)14-16-7-9-17(10-8-16)25-33(28,29)30/h2-10,18-19,25H,11-14H2,1H3,(H,24,26)(H,28,29,30)/t18-,19-/m0/s1. The Balaban J connectivity index is 1.76. The van der Waals surface area contributed by atoms with E-state index in [0.717, 1.165) is 21.9 Å². The molecule has 3 N–H and O–H groups in total. The molecule has 33 heavy (non-hydrogen) atoms. The predicted octanol–water partition coefficient (Wildman–Crippen LogP) is 2.11. The molecule has 2 aromatic carbocycles. The van der Waals surface area contributed by atoms with Gasteiger partial charge in [-0.05, 0) is 36.1 Å². The first-order chi connectivity index (χ1) is 15.7. The highest BCUT2D eigenvalue weighted by Crippen LogP contribution is 2.20. The molecule has 0 aromatic heterocycles. The summed E-state index contributed by atoms with van der Waals surface area (Å²) in [5, 5.41) is 3.72. The summed E-state index contributed by atoms with van der Waals surface area (Å²) in [5.41, 5.74) is 1.87. The summed E-state index contributed by atoms with van der Waals surface area (Å²) in [5.74, 6) is -1.26. The number of hydrogen-bond donors (Lipinski definition) is 3. The van der Waals surface area contributed by atoms with Gasteiger partial charge in [0.15, 0.2) is 0 Å². The van der Waals surface area contributed by atoms with Gasteiger partial charge in [0.1, 0.15) is 5.92 Å². The summed E-state index contributed by atoms with van der Waals surface area (Å²) in [6.45, 7) is 0.647. The summed E-state index contributed by atoms with van der Waals surface area (Å²) < 4.78 is 37.7. The first-order valence-electron chi connectivity index (χ1n) is 10.2. The number of anilines is 1. The van der Waals surface area contributed by atoms with Gasteiger partial charge in [-0.15, -0.1) is 11.8 Å². The molecular weight excluding hydrogens is 466 g/mol. The summed E-state index contributed by atoms with van der Waals surface area (Å²) >= 11 is 1.55. The van der Waals surface area contributed by atoms with E-state index in [1.807, 2.05) is 35.1 Å². The molecule has 0 fully saturated rings. The number of carbonyl (C=O) groups is 2. The number of carbonyl (C=O) groups excluding carboxylic acids is 2. The van der Waals surface area contributed by atoms with Crippen LogP contribution < -0.4 is 10.0 Å². The number of rotatable bonds is 10. The number of aliphatic imine (C=N–C) groups is 1. The summed E-state index contributed by atoms with van der Waals surface area (Å²) in [4.78, 5) is 30.0. The maximum absolute atomic E-state index is 13.1. The highest BCUT2D eigenvalue weighted by Gasteiger charge is 2.31. The lowest BCUT2D eigenvalue weighted by Gasteiger charge is -2.22. The molecule has 0 aliphatic carbocycles. The molecule has 0 saturated carbocycles. The predicted molar refractivity (Wildman–Crippen MR) is 128 cm³/mol. The molecule has 1 heterocycles. The minimum atomic E-state index is -4.36. The van der Waals surface area contributed by atoms with E-state index in [1.165, 1.54) is 19.2 Å². The second-order valence-electron chi connectivity index (χ2n) is 7.37. The van der Waals surface area contributed by atoms with E-state index in [9.17, 15) is 18.0 Å². The third kappa shape index (κ3) is 7.58. The number of methoxy groups -OCH3 is 1. The molecule has 0 radical (unpaired) electrons. The number of hydrogen-bond acceptors (Lipinski definition) is 7. The fourth-order valence-corrected chi connectivity index (χ4v) is 4.76. The minimum Gasteiger partial charge on any atom is -0.468 e. The molecule has 176 valence electrons. The average molecular weight is 492 g/mol. The zero-order valence-electron chi connectivity index (χ0n) is 17.9. The first kappa shape index (κ1) is 24.7. The maximum Gasteiger partial charge on any atom is 0.357 e. The van der Waals surface area contributed by atoms with Crippen molar-refractivity contribution in [3.8, 4) is 0 Å². The number of nitrogens with one attached hydrogen (secondary N) is 2. The van der Waals surface area contributed by atoms with Crippen LogP contribution in [0.2, 0.25) is 0 Å². The molecule has 2 atom stereocenters. The van der Waals surface area contributed by atoms with E-state index in [-0.39, 0.29) is 12.1 Å². The van der Waals surface area contributed by atoms with Gasteiger partial charge >= 0.3 is 16.3 Å². The van der Waals surface area contributed by atoms with E-state index in [2.05, 4.69) is 10.3 Å². The average Bonchev–Trinajstić information content (AvgIpc) is 3.32. The summed E-state index contributed by atoms with van der Waals surface area (Å²) in [7, 11) is -3.11. The second kappa shape index (κ2) is 11.3. The van der Waals surface area contributed by atoms with Crippen LogP contribution in [0.5, 0.6) is 0 Å². The summed E-state index contributed by atoms with van der Waals surface area (Å²) in [6, 6.07) is 15.2. The smallest absolute Gasteiger partial charge is 0.357 e. The molecule has 1 aliphatic rings. The van der Waals surface area contributed by atoms with Crippen LogP contribution in [0.1, 0.15) is 11.1 Å². The molecule has 0 saturated heterocycles. The number of amides is 1. The SMILES string of the molecule is COC(=O)[C@@H](Cc1ccccc1)C(=O)N[C@@H](Cc1ccc(NS(=O)(=O)O)cc1)C1=NCCS1. The molecule has 1 amide bonds. The van der Waals surface area contributed by atoms with Gasteiger partial charge in [0.25, 0.3) is 0 Å². The van der Waals surface area contributed by atoms with E-state index in [1.54, 1.807) is 23.9 Å². The molecule has 1 aliphatic heterocycles. The zero-order valence-corrected chi connectivity index (χ0v) is 19.6. The lowest BCUT2D eigenvalue weighted by atomic mass is 9.97. The number of nitrogens with zero attached hydrogens (tertiary/aromatic N) is 1. The van der Waals surface area contributed by atoms with Crippen molar-refractivity contribution in [3.63, 3.8) is 0 Å². The highest BCUT2D eigenvalue weighted by atomic mass is 32.2. The quantitative estimate of drug-likeness (QED) is 0.263. The fraction of sp³-hybridized carbons (Fsp3) is 0.318. The Morgan fingerprint density at radius 1 is 1.09 bits per heavy atom. The van der Waals surface area contributed by atoms with Crippen molar-refractivity contribution >= 4 is 44.7 Å². The van der Waals surface area contributed by atoms with Gasteiger partial charge in [-0.3, -0.25) is 23.9 Å². The minimum absolute atomic E-state index is 0.210. The van der Waals surface area contributed by atoms with Gasteiger partial charge in [0.2, 0.25) is 5.91 Å². The Morgan fingerprint density at radius 2 is 1.76 bits per heavy atom. The van der Waals surface area contributed by atoms with Crippen LogP contribution in [0.3, 0.4) is 0 Å². The van der Waals surface area contributed by atoms with Crippen LogP contribution in [0, 0.1) is 5.92 Å². The third-order valence-corrected chi connectivity index (χ3v) is 6.54. The van der Waals surface area contributed by atoms with Gasteiger partial charge < -0.3 is 10.1 Å². The van der Waals surface area contributed by atoms with Gasteiger partial charge in [-0.25, -0.2) is 0 Å². The highest BCUT2D eigenvalue weighted by molar-refractivity contribution is 8.14. The van der Waals surface area contributed by atoms with Gasteiger partial charge in [-0.2, -0.15) is 8.42 Å². The molecular formula is C22H25N3O6S2. The molecule has 3 rings (SSSR count). The zero-order chi connectivity index (χ0) is 23.8. The topological polar surface area (TPSA) is 134 Å². The normalized spacial score (nSPS) is 15.3. The molecule has 9 nitrogen and oxygen atoms in total. The largest absolute Gasteiger partial charge is 0.468 e. The Bertz CT molecular complexity index is 1100. The number of esters is 1. The number of benzene rings is 2. The third-order valence-electron chi connectivity index (χ3n) is 4.95. The van der Waals surface area contributed by atoms with Crippen molar-refractivity contribution in [2.45, 2.75) is 18.9 Å². The van der Waals surface area contributed by atoms with E-state index >= 15 is 0 Å². The summed E-state index contributed by atoms with van der Waals surface area (Å²) in [6.07, 6.45) is 0.602. The van der Waals surface area contributed by atoms with E-state index < -0.39 is 34.1 Å². The first-order valence-corrected chi connectivity index (χ1v) is 12.6. The molecule has 0 bridgehead atoms. The van der Waals surface area contributed by atoms with Crippen LogP contribution in [0.15, 0.2) is 59.6 Å². The molecule has 11 heteroatoms. The monoisotopic (exact) mass is 491 g/mol. The number of thioether (sulfide) groups is 1. The van der Waals surface area contributed by atoms with Crippen LogP contribution >= 0.6 is 11.8 Å². The van der Waals surface area contributed by atoms with Crippen LogP contribution in [0.25, 0.3) is 0 Å². The van der Waals surface area contributed by atoms with Crippen molar-refractivity contribution in [1.82, 2.24) is 5.32 Å².